The van der Waals surface area contributed by atoms with Crippen LogP contribution in [0, 0.1) is 0 Å². The van der Waals surface area contributed by atoms with Crippen LogP contribution in [0.5, 0.6) is 5.75 Å². The minimum absolute atomic E-state index is 0.0761. The molecule has 1 aromatic carbocycles. The number of methoxy groups -OCH3 is 1. The molecule has 2 amide bonds. The summed E-state index contributed by atoms with van der Waals surface area (Å²) in [5.74, 6) is 0.243. The summed E-state index contributed by atoms with van der Waals surface area (Å²) in [4.78, 5) is 29.8. The van der Waals surface area contributed by atoms with Gasteiger partial charge in [-0.1, -0.05) is 11.6 Å². The molecule has 0 radical (unpaired) electrons. The van der Waals surface area contributed by atoms with Crippen molar-refractivity contribution in [3.05, 3.63) is 47.2 Å². The van der Waals surface area contributed by atoms with Gasteiger partial charge in [0.25, 0.3) is 5.91 Å². The second-order valence-corrected chi connectivity index (χ2v) is 5.69. The minimum Gasteiger partial charge on any atom is -0.494 e. The zero-order valence-electron chi connectivity index (χ0n) is 13.1. The van der Waals surface area contributed by atoms with E-state index in [9.17, 15) is 9.59 Å². The highest BCUT2D eigenvalue weighted by Gasteiger charge is 2.24. The van der Waals surface area contributed by atoms with Gasteiger partial charge in [0, 0.05) is 30.9 Å². The number of carbonyl (C=O) groups excluding carboxylic acids is 2. The third-order valence-corrected chi connectivity index (χ3v) is 4.11. The number of nitrogens with zero attached hydrogens (tertiary/aromatic N) is 2. The van der Waals surface area contributed by atoms with Crippen LogP contribution in [0.25, 0.3) is 0 Å². The van der Waals surface area contributed by atoms with E-state index in [0.29, 0.717) is 30.1 Å². The number of nitrogens with one attached hydrogen (secondary N) is 1. The molecular formula is C17H16ClN3O3. The Kier molecular flexibility index (Phi) is 4.66. The highest BCUT2D eigenvalue weighted by Crippen LogP contribution is 2.34. The van der Waals surface area contributed by atoms with Gasteiger partial charge in [0.1, 0.15) is 10.9 Å². The van der Waals surface area contributed by atoms with E-state index in [-0.39, 0.29) is 22.5 Å². The topological polar surface area (TPSA) is 71.5 Å². The lowest BCUT2D eigenvalue weighted by atomic mass is 10.2. The Balaban J connectivity index is 1.83. The summed E-state index contributed by atoms with van der Waals surface area (Å²) in [7, 11) is 1.53. The summed E-state index contributed by atoms with van der Waals surface area (Å²) >= 11 is 5.93. The van der Waals surface area contributed by atoms with E-state index >= 15 is 0 Å². The average Bonchev–Trinajstić information content (AvgIpc) is 3.01. The van der Waals surface area contributed by atoms with E-state index in [1.807, 2.05) is 0 Å². The summed E-state index contributed by atoms with van der Waals surface area (Å²) in [6.07, 6.45) is 2.89. The van der Waals surface area contributed by atoms with E-state index in [0.717, 1.165) is 6.42 Å². The molecule has 0 spiro atoms. The molecule has 2 aromatic rings. The van der Waals surface area contributed by atoms with E-state index in [1.54, 1.807) is 35.2 Å². The Morgan fingerprint density at radius 2 is 2.21 bits per heavy atom. The lowest BCUT2D eigenvalue weighted by Crippen LogP contribution is -2.24. The van der Waals surface area contributed by atoms with Crippen LogP contribution in [0.15, 0.2) is 36.5 Å². The number of carbonyl (C=O) groups is 2. The van der Waals surface area contributed by atoms with Crippen molar-refractivity contribution in [1.82, 2.24) is 4.98 Å². The predicted octanol–water partition coefficient (Wildman–Crippen LogP) is 3.12. The number of benzene rings is 1. The van der Waals surface area contributed by atoms with Crippen LogP contribution in [-0.4, -0.2) is 30.5 Å². The molecule has 1 aliphatic rings. The number of hydrogen-bond donors (Lipinski definition) is 1. The molecule has 3 rings (SSSR count). The summed E-state index contributed by atoms with van der Waals surface area (Å²) in [5, 5.41) is 2.90. The molecule has 0 unspecified atom stereocenters. The molecule has 6 nitrogen and oxygen atoms in total. The molecule has 1 N–H and O–H groups in total. The Hall–Kier alpha value is -2.60. The lowest BCUT2D eigenvalue weighted by molar-refractivity contribution is -0.117. The van der Waals surface area contributed by atoms with Crippen molar-refractivity contribution >= 4 is 34.8 Å². The smallest absolute Gasteiger partial charge is 0.258 e. The fourth-order valence-electron chi connectivity index (χ4n) is 2.64. The number of amides is 2. The van der Waals surface area contributed by atoms with Gasteiger partial charge in [0.2, 0.25) is 5.91 Å². The maximum atomic E-state index is 12.3. The van der Waals surface area contributed by atoms with Crippen molar-refractivity contribution in [2.24, 2.45) is 0 Å². The van der Waals surface area contributed by atoms with Crippen molar-refractivity contribution < 1.29 is 14.3 Å². The Labute approximate surface area is 144 Å². The second kappa shape index (κ2) is 6.88. The Morgan fingerprint density at radius 3 is 2.88 bits per heavy atom. The zero-order valence-corrected chi connectivity index (χ0v) is 13.8. The largest absolute Gasteiger partial charge is 0.494 e. The number of ether oxygens (including phenoxy) is 1. The molecule has 24 heavy (non-hydrogen) atoms. The second-order valence-electron chi connectivity index (χ2n) is 5.33. The number of rotatable bonds is 4. The molecule has 0 saturated carbocycles. The molecule has 1 aromatic heterocycles. The Bertz CT molecular complexity index is 794. The molecular weight excluding hydrogens is 330 g/mol. The highest BCUT2D eigenvalue weighted by molar-refractivity contribution is 6.33. The normalized spacial score (nSPS) is 13.9. The van der Waals surface area contributed by atoms with Gasteiger partial charge in [-0.25, -0.2) is 4.98 Å². The lowest BCUT2D eigenvalue weighted by Gasteiger charge is -2.19. The van der Waals surface area contributed by atoms with Crippen LogP contribution >= 0.6 is 11.6 Å². The molecule has 7 heteroatoms. The number of halogens is 1. The molecule has 1 fully saturated rings. The molecule has 0 atom stereocenters. The van der Waals surface area contributed by atoms with Crippen molar-refractivity contribution in [3.8, 4) is 5.75 Å². The van der Waals surface area contributed by atoms with Gasteiger partial charge in [0.05, 0.1) is 18.4 Å². The maximum Gasteiger partial charge on any atom is 0.258 e. The first-order chi connectivity index (χ1) is 11.6. The summed E-state index contributed by atoms with van der Waals surface area (Å²) in [6.45, 7) is 0.673. The standard InChI is InChI=1S/C17H16ClN3O3/c1-24-14-10-11(6-7-13(14)21-9-3-5-15(21)22)20-17(23)12-4-2-8-19-16(12)18/h2,4,6-8,10H,3,5,9H2,1H3,(H,20,23). The monoisotopic (exact) mass is 345 g/mol. The number of aromatic nitrogens is 1. The molecule has 0 aliphatic carbocycles. The first kappa shape index (κ1) is 16.3. The van der Waals surface area contributed by atoms with Gasteiger partial charge in [-0.3, -0.25) is 9.59 Å². The molecule has 2 heterocycles. The summed E-state index contributed by atoms with van der Waals surface area (Å²) in [6, 6.07) is 8.42. The number of anilines is 2. The van der Waals surface area contributed by atoms with Crippen molar-refractivity contribution in [2.45, 2.75) is 12.8 Å². The maximum absolute atomic E-state index is 12.3. The van der Waals surface area contributed by atoms with Crippen molar-refractivity contribution in [1.29, 1.82) is 0 Å². The first-order valence-electron chi connectivity index (χ1n) is 7.50. The molecule has 1 aliphatic heterocycles. The zero-order chi connectivity index (χ0) is 17.1. The van der Waals surface area contributed by atoms with E-state index < -0.39 is 0 Å². The molecule has 1 saturated heterocycles. The van der Waals surface area contributed by atoms with Gasteiger partial charge in [-0.15, -0.1) is 0 Å². The van der Waals surface area contributed by atoms with Crippen LogP contribution in [0.4, 0.5) is 11.4 Å². The summed E-state index contributed by atoms with van der Waals surface area (Å²) < 4.78 is 5.37. The van der Waals surface area contributed by atoms with Gasteiger partial charge < -0.3 is 15.0 Å². The summed E-state index contributed by atoms with van der Waals surface area (Å²) in [5.41, 5.74) is 1.54. The van der Waals surface area contributed by atoms with E-state index in [2.05, 4.69) is 10.3 Å². The van der Waals surface area contributed by atoms with Gasteiger partial charge in [-0.05, 0) is 30.7 Å². The SMILES string of the molecule is COc1cc(NC(=O)c2cccnc2Cl)ccc1N1CCCC1=O. The highest BCUT2D eigenvalue weighted by atomic mass is 35.5. The van der Waals surface area contributed by atoms with E-state index in [1.165, 1.54) is 13.3 Å². The minimum atomic E-state index is -0.361. The number of hydrogen-bond acceptors (Lipinski definition) is 4. The van der Waals surface area contributed by atoms with E-state index in [4.69, 9.17) is 16.3 Å². The third-order valence-electron chi connectivity index (χ3n) is 3.81. The fraction of sp³-hybridized carbons (Fsp3) is 0.235. The third kappa shape index (κ3) is 3.19. The van der Waals surface area contributed by atoms with Crippen LogP contribution in [0.3, 0.4) is 0 Å². The van der Waals surface area contributed by atoms with Crippen LogP contribution in [0.1, 0.15) is 23.2 Å². The number of pyridine rings is 1. The predicted molar refractivity (Wildman–Crippen MR) is 91.8 cm³/mol. The average molecular weight is 346 g/mol. The molecule has 124 valence electrons. The quantitative estimate of drug-likeness (QED) is 0.864. The van der Waals surface area contributed by atoms with Gasteiger partial charge >= 0.3 is 0 Å². The first-order valence-corrected chi connectivity index (χ1v) is 7.88. The fourth-order valence-corrected chi connectivity index (χ4v) is 2.84. The van der Waals surface area contributed by atoms with Crippen molar-refractivity contribution in [3.63, 3.8) is 0 Å². The molecule has 0 bridgehead atoms. The van der Waals surface area contributed by atoms with Gasteiger partial charge in [0.15, 0.2) is 0 Å². The van der Waals surface area contributed by atoms with Crippen LogP contribution in [0.2, 0.25) is 5.15 Å². The van der Waals surface area contributed by atoms with Crippen LogP contribution < -0.4 is 15.0 Å². The van der Waals surface area contributed by atoms with Crippen molar-refractivity contribution in [2.75, 3.05) is 23.9 Å². The Morgan fingerprint density at radius 1 is 1.38 bits per heavy atom. The van der Waals surface area contributed by atoms with Gasteiger partial charge in [-0.2, -0.15) is 0 Å². The van der Waals surface area contributed by atoms with Crippen LogP contribution in [-0.2, 0) is 4.79 Å².